The smallest absolute Gasteiger partial charge is 0.279 e. The summed E-state index contributed by atoms with van der Waals surface area (Å²) in [5.41, 5.74) is 3.03. The number of nitrogens with one attached hydrogen (secondary N) is 2. The van der Waals surface area contributed by atoms with Crippen LogP contribution in [-0.2, 0) is 18.3 Å². The quantitative estimate of drug-likeness (QED) is 0.273. The lowest BCUT2D eigenvalue weighted by Crippen LogP contribution is -2.46. The van der Waals surface area contributed by atoms with Crippen LogP contribution in [0.25, 0.3) is 22.4 Å². The molecule has 1 amide bonds. The fraction of sp³-hybridized carbons (Fsp3) is 0.290. The van der Waals surface area contributed by atoms with E-state index in [0.717, 1.165) is 10.2 Å². The predicted molar refractivity (Wildman–Crippen MR) is 161 cm³/mol. The van der Waals surface area contributed by atoms with Gasteiger partial charge in [0.25, 0.3) is 11.5 Å². The van der Waals surface area contributed by atoms with Crippen LogP contribution in [0.1, 0.15) is 27.9 Å². The second-order valence-electron chi connectivity index (χ2n) is 10.2. The maximum absolute atomic E-state index is 14.9. The Labute approximate surface area is 252 Å². The van der Waals surface area contributed by atoms with Gasteiger partial charge in [-0.25, -0.2) is 14.1 Å². The molecule has 0 aliphatic carbocycles. The fourth-order valence-corrected chi connectivity index (χ4v) is 5.35. The molecule has 3 heterocycles. The molecule has 2 atom stereocenters. The summed E-state index contributed by atoms with van der Waals surface area (Å²) in [7, 11) is 2.97. The number of amides is 1. The van der Waals surface area contributed by atoms with Crippen LogP contribution in [0, 0.1) is 12.7 Å². The largest absolute Gasteiger partial charge is 0.481 e. The van der Waals surface area contributed by atoms with Gasteiger partial charge >= 0.3 is 0 Å². The zero-order valence-electron chi connectivity index (χ0n) is 23.9. The first kappa shape index (κ1) is 30.3. The molecule has 2 aromatic heterocycles. The van der Waals surface area contributed by atoms with E-state index in [2.05, 4.69) is 20.7 Å². The lowest BCUT2D eigenvalue weighted by Gasteiger charge is -2.28. The Morgan fingerprint density at radius 1 is 1.21 bits per heavy atom. The average Bonchev–Trinajstić information content (AvgIpc) is 3.00. The number of halogens is 2. The summed E-state index contributed by atoms with van der Waals surface area (Å²) in [4.78, 5) is 29.9. The molecule has 5 rings (SSSR count). The van der Waals surface area contributed by atoms with Crippen molar-refractivity contribution in [3.63, 3.8) is 0 Å². The van der Waals surface area contributed by atoms with Crippen molar-refractivity contribution in [2.24, 2.45) is 7.05 Å². The number of ether oxygens (including phenoxy) is 2. The molecule has 10 nitrogen and oxygen atoms in total. The maximum Gasteiger partial charge on any atom is 0.279 e. The Morgan fingerprint density at radius 3 is 2.77 bits per heavy atom. The molecule has 4 aromatic rings. The summed E-state index contributed by atoms with van der Waals surface area (Å²) in [5, 5.41) is 20.3. The van der Waals surface area contributed by atoms with Crippen molar-refractivity contribution in [3.05, 3.63) is 92.6 Å². The summed E-state index contributed by atoms with van der Waals surface area (Å²) < 4.78 is 26.8. The van der Waals surface area contributed by atoms with E-state index in [0.29, 0.717) is 65.0 Å². The number of aromatic nitrogens is 3. The van der Waals surface area contributed by atoms with Gasteiger partial charge in [0, 0.05) is 54.8 Å². The number of anilines is 1. The number of benzene rings is 2. The standard InChI is InChI=1S/C31H31ClFN5O5/c1-17-23(13-19(33)14-26(17)36-29(40)22-9-11-35-38(2)31(22)41)20-5-4-6-21(28(20)32)24-8-7-18(30(37-24)42-3)15-34-25-10-12-43-16-27(25)39/h4-9,11,13-14,25,27,34,39H,10,12,15-16H2,1-3H3,(H,36,40)/t25?,27-/m0/s1. The topological polar surface area (TPSA) is 128 Å². The first-order valence-corrected chi connectivity index (χ1v) is 14.0. The molecule has 0 saturated carbocycles. The second-order valence-corrected chi connectivity index (χ2v) is 10.6. The molecular weight excluding hydrogens is 577 g/mol. The van der Waals surface area contributed by atoms with E-state index in [-0.39, 0.29) is 17.3 Å². The van der Waals surface area contributed by atoms with Crippen molar-refractivity contribution < 1.29 is 23.8 Å². The molecule has 1 saturated heterocycles. The summed E-state index contributed by atoms with van der Waals surface area (Å²) in [6, 6.07) is 12.8. The van der Waals surface area contributed by atoms with Crippen molar-refractivity contribution >= 4 is 23.2 Å². The SMILES string of the molecule is COc1nc(-c2cccc(-c3cc(F)cc(NC(=O)c4ccnn(C)c4=O)c3C)c2Cl)ccc1CNC1CCOC[C@@H]1O. The number of aliphatic hydroxyl groups is 1. The number of aryl methyl sites for hydroxylation is 1. The lowest BCUT2D eigenvalue weighted by atomic mass is 9.96. The van der Waals surface area contributed by atoms with E-state index < -0.39 is 23.4 Å². The van der Waals surface area contributed by atoms with Gasteiger partial charge in [-0.2, -0.15) is 5.10 Å². The third-order valence-electron chi connectivity index (χ3n) is 7.45. The molecular formula is C31H31ClFN5O5. The second kappa shape index (κ2) is 13.0. The molecule has 224 valence electrons. The molecule has 43 heavy (non-hydrogen) atoms. The minimum atomic E-state index is -0.681. The van der Waals surface area contributed by atoms with Gasteiger partial charge in [-0.3, -0.25) is 9.59 Å². The zero-order valence-corrected chi connectivity index (χ0v) is 24.6. The Balaban J connectivity index is 1.44. The number of hydrogen-bond donors (Lipinski definition) is 3. The number of rotatable bonds is 8. The van der Waals surface area contributed by atoms with Crippen molar-refractivity contribution in [1.29, 1.82) is 0 Å². The van der Waals surface area contributed by atoms with Crippen molar-refractivity contribution in [2.45, 2.75) is 32.0 Å². The van der Waals surface area contributed by atoms with E-state index in [1.807, 2.05) is 12.1 Å². The number of carbonyl (C=O) groups excluding carboxylic acids is 1. The van der Waals surface area contributed by atoms with Crippen molar-refractivity contribution in [1.82, 2.24) is 20.1 Å². The fourth-order valence-electron chi connectivity index (χ4n) is 5.03. The lowest BCUT2D eigenvalue weighted by molar-refractivity contribution is -0.0281. The van der Waals surface area contributed by atoms with Gasteiger partial charge in [0.15, 0.2) is 0 Å². The summed E-state index contributed by atoms with van der Waals surface area (Å²) >= 11 is 6.91. The highest BCUT2D eigenvalue weighted by Gasteiger charge is 2.24. The highest BCUT2D eigenvalue weighted by molar-refractivity contribution is 6.36. The normalized spacial score (nSPS) is 16.6. The highest BCUT2D eigenvalue weighted by Crippen LogP contribution is 2.39. The number of aliphatic hydroxyl groups excluding tert-OH is 1. The third kappa shape index (κ3) is 6.45. The van der Waals surface area contributed by atoms with Crippen LogP contribution in [-0.4, -0.2) is 58.2 Å². The number of nitrogens with zero attached hydrogens (tertiary/aromatic N) is 3. The number of pyridine rings is 1. The van der Waals surface area contributed by atoms with Crippen LogP contribution in [0.15, 0.2) is 59.5 Å². The van der Waals surface area contributed by atoms with Gasteiger partial charge < -0.3 is 25.2 Å². The molecule has 0 bridgehead atoms. The molecule has 2 aromatic carbocycles. The van der Waals surface area contributed by atoms with E-state index in [9.17, 15) is 19.1 Å². The first-order valence-electron chi connectivity index (χ1n) is 13.6. The molecule has 0 spiro atoms. The van der Waals surface area contributed by atoms with E-state index >= 15 is 0 Å². The maximum atomic E-state index is 14.9. The van der Waals surface area contributed by atoms with Gasteiger partial charge in [0.05, 0.1) is 30.5 Å². The Kier molecular flexibility index (Phi) is 9.16. The van der Waals surface area contributed by atoms with Gasteiger partial charge in [-0.05, 0) is 48.7 Å². The van der Waals surface area contributed by atoms with Crippen molar-refractivity contribution in [3.8, 4) is 28.3 Å². The molecule has 1 aliphatic rings. The first-order chi connectivity index (χ1) is 20.7. The number of carbonyl (C=O) groups is 1. The van der Waals surface area contributed by atoms with Crippen molar-refractivity contribution in [2.75, 3.05) is 25.6 Å². The number of methoxy groups -OCH3 is 1. The van der Waals surface area contributed by atoms with Gasteiger partial charge in [0.2, 0.25) is 5.88 Å². The summed E-state index contributed by atoms with van der Waals surface area (Å²) in [6.07, 6.45) is 1.45. The molecule has 1 fully saturated rings. The molecule has 0 radical (unpaired) electrons. The third-order valence-corrected chi connectivity index (χ3v) is 7.86. The summed E-state index contributed by atoms with van der Waals surface area (Å²) in [5.74, 6) is -0.867. The molecule has 3 N–H and O–H groups in total. The van der Waals surface area contributed by atoms with Crippen LogP contribution in [0.3, 0.4) is 0 Å². The molecule has 12 heteroatoms. The van der Waals surface area contributed by atoms with Crippen LogP contribution < -0.4 is 20.9 Å². The number of hydrogen-bond acceptors (Lipinski definition) is 8. The van der Waals surface area contributed by atoms with Crippen LogP contribution >= 0.6 is 11.6 Å². The predicted octanol–water partition coefficient (Wildman–Crippen LogP) is 4.11. The average molecular weight is 608 g/mol. The Morgan fingerprint density at radius 2 is 2.00 bits per heavy atom. The van der Waals surface area contributed by atoms with E-state index in [1.165, 1.54) is 38.6 Å². The van der Waals surface area contributed by atoms with Gasteiger partial charge in [-0.15, -0.1) is 0 Å². The van der Waals surface area contributed by atoms with E-state index in [4.69, 9.17) is 21.1 Å². The zero-order chi connectivity index (χ0) is 30.7. The summed E-state index contributed by atoms with van der Waals surface area (Å²) in [6.45, 7) is 3.05. The molecule has 1 unspecified atom stereocenters. The van der Waals surface area contributed by atoms with Crippen LogP contribution in [0.5, 0.6) is 5.88 Å². The monoisotopic (exact) mass is 607 g/mol. The minimum absolute atomic E-state index is 0.0940. The van der Waals surface area contributed by atoms with Crippen LogP contribution in [0.2, 0.25) is 5.02 Å². The van der Waals surface area contributed by atoms with E-state index in [1.54, 1.807) is 25.1 Å². The highest BCUT2D eigenvalue weighted by atomic mass is 35.5. The minimum Gasteiger partial charge on any atom is -0.481 e. The van der Waals surface area contributed by atoms with Crippen LogP contribution in [0.4, 0.5) is 10.1 Å². The Hall–Kier alpha value is -4.16. The Bertz CT molecular complexity index is 1730. The van der Waals surface area contributed by atoms with Gasteiger partial charge in [0.1, 0.15) is 11.4 Å². The van der Waals surface area contributed by atoms with Gasteiger partial charge in [-0.1, -0.05) is 35.9 Å². The molecule has 1 aliphatic heterocycles.